The van der Waals surface area contributed by atoms with Crippen molar-refractivity contribution in [1.82, 2.24) is 4.98 Å². The van der Waals surface area contributed by atoms with E-state index in [0.29, 0.717) is 5.56 Å². The Morgan fingerprint density at radius 3 is 2.84 bits per heavy atom. The molecule has 0 unspecified atom stereocenters. The van der Waals surface area contributed by atoms with E-state index in [0.717, 1.165) is 21.0 Å². The third-order valence-electron chi connectivity index (χ3n) is 3.36. The Hall–Kier alpha value is -3.23. The highest BCUT2D eigenvalue weighted by atomic mass is 32.1. The number of esters is 1. The lowest BCUT2D eigenvalue weighted by Crippen LogP contribution is -1.99. The molecule has 0 aliphatic heterocycles. The van der Waals surface area contributed by atoms with Crippen molar-refractivity contribution in [3.63, 3.8) is 0 Å². The average Bonchev–Trinajstić information content (AvgIpc) is 3.15. The van der Waals surface area contributed by atoms with Crippen molar-refractivity contribution in [2.45, 2.75) is 6.61 Å². The first kappa shape index (κ1) is 16.6. The maximum absolute atomic E-state index is 11.8. The summed E-state index contributed by atoms with van der Waals surface area (Å²) in [7, 11) is 0. The number of hydrogen-bond donors (Lipinski definition) is 0. The number of carbonyl (C=O) groups excluding carboxylic acids is 1. The van der Waals surface area contributed by atoms with Gasteiger partial charge in [0.05, 0.1) is 16.5 Å². The van der Waals surface area contributed by atoms with Gasteiger partial charge in [0.2, 0.25) is 0 Å². The molecule has 122 valence electrons. The van der Waals surface area contributed by atoms with Gasteiger partial charge in [0, 0.05) is 17.8 Å². The molecule has 0 atom stereocenters. The molecule has 4 nitrogen and oxygen atoms in total. The van der Waals surface area contributed by atoms with Crippen molar-refractivity contribution < 1.29 is 9.53 Å². The van der Waals surface area contributed by atoms with Crippen LogP contribution in [0.2, 0.25) is 0 Å². The standard InChI is InChI=1S/C20H14N2O2S/c21-12-16-6-4-5-15(11-16)9-10-19(23)24-14-18-13-22-20(25-18)17-7-2-1-3-8-17/h1-11,13H,14H2/b10-9+. The van der Waals surface area contributed by atoms with Crippen molar-refractivity contribution >= 4 is 23.4 Å². The number of thiazole rings is 1. The molecular formula is C20H14N2O2S. The van der Waals surface area contributed by atoms with E-state index < -0.39 is 5.97 Å². The minimum absolute atomic E-state index is 0.186. The normalized spacial score (nSPS) is 10.5. The molecule has 0 saturated carbocycles. The fourth-order valence-electron chi connectivity index (χ4n) is 2.15. The van der Waals surface area contributed by atoms with Gasteiger partial charge < -0.3 is 4.74 Å². The van der Waals surface area contributed by atoms with Gasteiger partial charge in [0.15, 0.2) is 0 Å². The summed E-state index contributed by atoms with van der Waals surface area (Å²) in [6.07, 6.45) is 4.71. The number of nitriles is 1. The SMILES string of the molecule is N#Cc1cccc(/C=C/C(=O)OCc2cnc(-c3ccccc3)s2)c1. The van der Waals surface area contributed by atoms with Crippen LogP contribution in [0.1, 0.15) is 16.0 Å². The van der Waals surface area contributed by atoms with E-state index in [1.165, 1.54) is 17.4 Å². The molecule has 0 bridgehead atoms. The monoisotopic (exact) mass is 346 g/mol. The van der Waals surface area contributed by atoms with Crippen molar-refractivity contribution in [3.05, 3.63) is 82.9 Å². The summed E-state index contributed by atoms with van der Waals surface area (Å²) in [6.45, 7) is 0.186. The maximum atomic E-state index is 11.8. The summed E-state index contributed by atoms with van der Waals surface area (Å²) in [5.74, 6) is -0.433. The fourth-order valence-corrected chi connectivity index (χ4v) is 2.99. The van der Waals surface area contributed by atoms with E-state index in [1.54, 1.807) is 30.5 Å². The molecule has 0 fully saturated rings. The van der Waals surface area contributed by atoms with Gasteiger partial charge in [-0.1, -0.05) is 42.5 Å². The zero-order valence-corrected chi connectivity index (χ0v) is 14.1. The summed E-state index contributed by atoms with van der Waals surface area (Å²) in [4.78, 5) is 17.1. The topological polar surface area (TPSA) is 63.0 Å². The van der Waals surface area contributed by atoms with Crippen LogP contribution in [0, 0.1) is 11.3 Å². The van der Waals surface area contributed by atoms with Gasteiger partial charge in [0.25, 0.3) is 0 Å². The Morgan fingerprint density at radius 1 is 1.20 bits per heavy atom. The van der Waals surface area contributed by atoms with Crippen molar-refractivity contribution in [1.29, 1.82) is 5.26 Å². The zero-order chi connectivity index (χ0) is 17.5. The minimum Gasteiger partial charge on any atom is -0.457 e. The Labute approximate surface area is 149 Å². The van der Waals surface area contributed by atoms with Crippen LogP contribution < -0.4 is 0 Å². The number of nitrogens with zero attached hydrogens (tertiary/aromatic N) is 2. The molecule has 0 N–H and O–H groups in total. The second-order valence-corrected chi connectivity index (χ2v) is 6.29. The van der Waals surface area contributed by atoms with Crippen LogP contribution in [0.4, 0.5) is 0 Å². The first-order valence-corrected chi connectivity index (χ1v) is 8.41. The van der Waals surface area contributed by atoms with Crippen LogP contribution in [0.15, 0.2) is 66.9 Å². The Morgan fingerprint density at radius 2 is 2.04 bits per heavy atom. The number of hydrogen-bond acceptors (Lipinski definition) is 5. The Bertz CT molecular complexity index is 940. The van der Waals surface area contributed by atoms with E-state index >= 15 is 0 Å². The quantitative estimate of drug-likeness (QED) is 0.506. The third kappa shape index (κ3) is 4.63. The smallest absolute Gasteiger partial charge is 0.331 e. The molecule has 3 rings (SSSR count). The maximum Gasteiger partial charge on any atom is 0.331 e. The van der Waals surface area contributed by atoms with Gasteiger partial charge in [-0.15, -0.1) is 11.3 Å². The number of ether oxygens (including phenoxy) is 1. The van der Waals surface area contributed by atoms with Crippen molar-refractivity contribution in [2.75, 3.05) is 0 Å². The predicted octanol–water partition coefficient (Wildman–Crippen LogP) is 4.44. The Kier molecular flexibility index (Phi) is 5.35. The summed E-state index contributed by atoms with van der Waals surface area (Å²) in [6, 6.07) is 18.9. The van der Waals surface area contributed by atoms with Gasteiger partial charge in [-0.05, 0) is 23.8 Å². The number of benzene rings is 2. The van der Waals surface area contributed by atoms with Crippen LogP contribution in [0.25, 0.3) is 16.6 Å². The molecule has 25 heavy (non-hydrogen) atoms. The second-order valence-electron chi connectivity index (χ2n) is 5.18. The predicted molar refractivity (Wildman–Crippen MR) is 97.5 cm³/mol. The molecule has 5 heteroatoms. The van der Waals surface area contributed by atoms with E-state index in [2.05, 4.69) is 11.1 Å². The lowest BCUT2D eigenvalue weighted by Gasteiger charge is -1.99. The van der Waals surface area contributed by atoms with Gasteiger partial charge in [-0.3, -0.25) is 0 Å². The van der Waals surface area contributed by atoms with Crippen LogP contribution in [0.3, 0.4) is 0 Å². The van der Waals surface area contributed by atoms with Crippen LogP contribution in [0.5, 0.6) is 0 Å². The van der Waals surface area contributed by atoms with Crippen LogP contribution in [-0.4, -0.2) is 11.0 Å². The van der Waals surface area contributed by atoms with Gasteiger partial charge in [-0.2, -0.15) is 5.26 Å². The van der Waals surface area contributed by atoms with Crippen LogP contribution >= 0.6 is 11.3 Å². The molecule has 3 aromatic rings. The summed E-state index contributed by atoms with van der Waals surface area (Å²) < 4.78 is 5.24. The molecular weight excluding hydrogens is 332 g/mol. The van der Waals surface area contributed by atoms with Crippen molar-refractivity contribution in [3.8, 4) is 16.6 Å². The lowest BCUT2D eigenvalue weighted by atomic mass is 10.1. The molecule has 0 amide bonds. The molecule has 0 aliphatic rings. The highest BCUT2D eigenvalue weighted by Gasteiger charge is 2.06. The second kappa shape index (κ2) is 8.04. The first-order chi connectivity index (χ1) is 12.2. The highest BCUT2D eigenvalue weighted by Crippen LogP contribution is 2.25. The van der Waals surface area contributed by atoms with Gasteiger partial charge >= 0.3 is 5.97 Å². The van der Waals surface area contributed by atoms with Gasteiger partial charge in [-0.25, -0.2) is 9.78 Å². The minimum atomic E-state index is -0.433. The summed E-state index contributed by atoms with van der Waals surface area (Å²) in [5, 5.41) is 9.76. The molecule has 1 heterocycles. The molecule has 0 aliphatic carbocycles. The third-order valence-corrected chi connectivity index (χ3v) is 4.38. The lowest BCUT2D eigenvalue weighted by molar-refractivity contribution is -0.138. The van der Waals surface area contributed by atoms with Crippen LogP contribution in [-0.2, 0) is 16.1 Å². The number of aromatic nitrogens is 1. The van der Waals surface area contributed by atoms with E-state index in [1.807, 2.05) is 36.4 Å². The van der Waals surface area contributed by atoms with Crippen molar-refractivity contribution in [2.24, 2.45) is 0 Å². The molecule has 0 radical (unpaired) electrons. The molecule has 2 aromatic carbocycles. The first-order valence-electron chi connectivity index (χ1n) is 7.60. The molecule has 1 aromatic heterocycles. The van der Waals surface area contributed by atoms with E-state index in [4.69, 9.17) is 10.00 Å². The van der Waals surface area contributed by atoms with E-state index in [-0.39, 0.29) is 6.61 Å². The van der Waals surface area contributed by atoms with E-state index in [9.17, 15) is 4.79 Å². The zero-order valence-electron chi connectivity index (χ0n) is 13.3. The highest BCUT2D eigenvalue weighted by molar-refractivity contribution is 7.15. The summed E-state index contributed by atoms with van der Waals surface area (Å²) in [5.41, 5.74) is 2.37. The van der Waals surface area contributed by atoms with Gasteiger partial charge in [0.1, 0.15) is 11.6 Å². The molecule has 0 saturated heterocycles. The largest absolute Gasteiger partial charge is 0.457 e. The fraction of sp³-hybridized carbons (Fsp3) is 0.0500. The average molecular weight is 346 g/mol. The number of carbonyl (C=O) groups is 1. The summed E-state index contributed by atoms with van der Waals surface area (Å²) >= 11 is 1.50. The molecule has 0 spiro atoms. The number of rotatable bonds is 5. The Balaban J connectivity index is 1.57.